The van der Waals surface area contributed by atoms with E-state index in [4.69, 9.17) is 9.97 Å². The van der Waals surface area contributed by atoms with Crippen molar-refractivity contribution in [3.63, 3.8) is 0 Å². The number of hydrogen-bond acceptors (Lipinski definition) is 2. The number of pyridine rings is 2. The number of para-hydroxylation sites is 2. The van der Waals surface area contributed by atoms with Crippen molar-refractivity contribution >= 4 is 43.6 Å². The third-order valence-electron chi connectivity index (χ3n) is 11.6. The second-order valence-corrected chi connectivity index (χ2v) is 18.9. The van der Waals surface area contributed by atoms with Crippen LogP contribution in [0.1, 0.15) is 52.7 Å². The SMILES string of the molecule is CC(C)(C)Cc1ccc2c3ccccc3n(-c3cc(-c4cc(-c5ccccn5)cc(-n5c6ccccc6c6ccc(CC(C)(C)C)cc65)c4)cc(-c4ccccn4)c3)c2c1. The van der Waals surface area contributed by atoms with Crippen molar-refractivity contribution in [2.45, 2.75) is 54.4 Å². The third kappa shape index (κ3) is 7.06. The summed E-state index contributed by atoms with van der Waals surface area (Å²) >= 11 is 0. The van der Waals surface area contributed by atoms with Gasteiger partial charge in [0.2, 0.25) is 0 Å². The van der Waals surface area contributed by atoms with Gasteiger partial charge >= 0.3 is 0 Å². The molecule has 6 aromatic carbocycles. The molecule has 0 N–H and O–H groups in total. The van der Waals surface area contributed by atoms with Gasteiger partial charge in [-0.15, -0.1) is 0 Å². The molecule has 0 bridgehead atoms. The van der Waals surface area contributed by atoms with Crippen LogP contribution >= 0.6 is 0 Å². The highest BCUT2D eigenvalue weighted by Crippen LogP contribution is 2.40. The van der Waals surface area contributed by atoms with Crippen molar-refractivity contribution in [1.29, 1.82) is 0 Å². The third-order valence-corrected chi connectivity index (χ3v) is 11.6. The standard InChI is InChI=1S/C56H50N4/c1-55(2,3)35-37-21-23-47-45-15-7-9-19-51(45)59(53(47)27-37)43-31-39(29-41(33-43)49-17-11-13-25-57-49)40-30-42(50-18-12-14-26-58-50)34-44(32-40)60-52-20-10-8-16-46(52)48-24-22-38(28-54(48)60)36-56(4,5)6/h7-34H,35-36H2,1-6H3. The molecule has 10 aromatic rings. The Labute approximate surface area is 352 Å². The van der Waals surface area contributed by atoms with Crippen molar-refractivity contribution in [2.24, 2.45) is 10.8 Å². The van der Waals surface area contributed by atoms with Crippen LogP contribution in [-0.4, -0.2) is 19.1 Å². The zero-order valence-electron chi connectivity index (χ0n) is 35.4. The lowest BCUT2D eigenvalue weighted by molar-refractivity contribution is 0.411. The monoisotopic (exact) mass is 778 g/mol. The summed E-state index contributed by atoms with van der Waals surface area (Å²) in [5, 5.41) is 5.00. The first-order chi connectivity index (χ1) is 29.0. The molecule has 0 fully saturated rings. The van der Waals surface area contributed by atoms with E-state index in [1.54, 1.807) is 0 Å². The molecular weight excluding hydrogens is 729 g/mol. The van der Waals surface area contributed by atoms with Crippen molar-refractivity contribution in [3.8, 4) is 45.0 Å². The van der Waals surface area contributed by atoms with Crippen LogP contribution in [0.2, 0.25) is 0 Å². The predicted molar refractivity (Wildman–Crippen MR) is 253 cm³/mol. The number of benzene rings is 6. The Morgan fingerprint density at radius 2 is 0.750 bits per heavy atom. The fraction of sp³-hybridized carbons (Fsp3) is 0.179. The van der Waals surface area contributed by atoms with E-state index < -0.39 is 0 Å². The quantitative estimate of drug-likeness (QED) is 0.162. The van der Waals surface area contributed by atoms with E-state index in [1.807, 2.05) is 24.5 Å². The van der Waals surface area contributed by atoms with E-state index in [0.717, 1.165) is 57.9 Å². The van der Waals surface area contributed by atoms with Gasteiger partial charge in [-0.25, -0.2) is 0 Å². The van der Waals surface area contributed by atoms with Gasteiger partial charge in [-0.3, -0.25) is 9.97 Å². The predicted octanol–water partition coefficient (Wildman–Crippen LogP) is 14.8. The zero-order valence-corrected chi connectivity index (χ0v) is 35.4. The van der Waals surface area contributed by atoms with Gasteiger partial charge in [-0.2, -0.15) is 0 Å². The molecule has 0 aliphatic heterocycles. The van der Waals surface area contributed by atoms with Gasteiger partial charge < -0.3 is 9.13 Å². The number of aromatic nitrogens is 4. The Kier molecular flexibility index (Phi) is 9.06. The van der Waals surface area contributed by atoms with E-state index in [0.29, 0.717) is 0 Å². The zero-order chi connectivity index (χ0) is 41.2. The van der Waals surface area contributed by atoms with E-state index in [2.05, 4.69) is 196 Å². The van der Waals surface area contributed by atoms with Crippen molar-refractivity contribution < 1.29 is 0 Å². The number of nitrogens with zero attached hydrogens (tertiary/aromatic N) is 4. The fourth-order valence-corrected chi connectivity index (χ4v) is 9.21. The molecule has 0 aliphatic rings. The number of hydrogen-bond donors (Lipinski definition) is 0. The molecule has 0 unspecified atom stereocenters. The van der Waals surface area contributed by atoms with Crippen LogP contribution in [0.25, 0.3) is 88.6 Å². The van der Waals surface area contributed by atoms with E-state index in [9.17, 15) is 0 Å². The average molecular weight is 779 g/mol. The van der Waals surface area contributed by atoms with Crippen LogP contribution < -0.4 is 0 Å². The Balaban J connectivity index is 1.26. The van der Waals surface area contributed by atoms with Gasteiger partial charge in [-0.05, 0) is 131 Å². The highest BCUT2D eigenvalue weighted by Gasteiger charge is 2.20. The van der Waals surface area contributed by atoms with Crippen LogP contribution in [0.5, 0.6) is 0 Å². The Morgan fingerprint density at radius 3 is 1.15 bits per heavy atom. The maximum atomic E-state index is 4.89. The lowest BCUT2D eigenvalue weighted by Crippen LogP contribution is -2.09. The Hall–Kier alpha value is -6.78. The second kappa shape index (κ2) is 14.5. The molecule has 0 saturated heterocycles. The number of fused-ring (bicyclic) bond motifs is 6. The average Bonchev–Trinajstić information content (AvgIpc) is 3.75. The Bertz CT molecular complexity index is 2990. The van der Waals surface area contributed by atoms with Crippen LogP contribution in [0.15, 0.2) is 170 Å². The van der Waals surface area contributed by atoms with Crippen LogP contribution in [0.4, 0.5) is 0 Å². The van der Waals surface area contributed by atoms with Gasteiger partial charge in [0.25, 0.3) is 0 Å². The molecular formula is C56H50N4. The Morgan fingerprint density at radius 1 is 0.367 bits per heavy atom. The second-order valence-electron chi connectivity index (χ2n) is 18.9. The van der Waals surface area contributed by atoms with E-state index in [1.165, 1.54) is 54.7 Å². The normalized spacial score (nSPS) is 12.3. The molecule has 4 heterocycles. The topological polar surface area (TPSA) is 35.6 Å². The van der Waals surface area contributed by atoms with Crippen LogP contribution in [0.3, 0.4) is 0 Å². The summed E-state index contributed by atoms with van der Waals surface area (Å²) in [5.41, 5.74) is 16.2. The van der Waals surface area contributed by atoms with E-state index >= 15 is 0 Å². The van der Waals surface area contributed by atoms with Gasteiger partial charge in [0, 0.05) is 56.4 Å². The summed E-state index contributed by atoms with van der Waals surface area (Å²) in [4.78, 5) is 9.77. The van der Waals surface area contributed by atoms with Gasteiger partial charge in [0.1, 0.15) is 0 Å². The first-order valence-electron chi connectivity index (χ1n) is 21.1. The molecule has 0 amide bonds. The molecule has 0 saturated carbocycles. The molecule has 0 radical (unpaired) electrons. The summed E-state index contributed by atoms with van der Waals surface area (Å²) in [6, 6.07) is 58.0. The van der Waals surface area contributed by atoms with Crippen molar-refractivity contribution in [3.05, 3.63) is 181 Å². The molecule has 4 heteroatoms. The summed E-state index contributed by atoms with van der Waals surface area (Å²) in [6.07, 6.45) is 5.76. The lowest BCUT2D eigenvalue weighted by atomic mass is 9.88. The molecule has 0 spiro atoms. The lowest BCUT2D eigenvalue weighted by Gasteiger charge is -2.19. The number of rotatable bonds is 7. The highest BCUT2D eigenvalue weighted by molar-refractivity contribution is 6.10. The molecule has 0 aliphatic carbocycles. The van der Waals surface area contributed by atoms with Crippen molar-refractivity contribution in [2.75, 3.05) is 0 Å². The first kappa shape index (κ1) is 37.5. The van der Waals surface area contributed by atoms with Crippen molar-refractivity contribution in [1.82, 2.24) is 19.1 Å². The smallest absolute Gasteiger partial charge is 0.0702 e. The molecule has 4 aromatic heterocycles. The summed E-state index contributed by atoms with van der Waals surface area (Å²) in [6.45, 7) is 13.9. The summed E-state index contributed by atoms with van der Waals surface area (Å²) in [5.74, 6) is 0. The largest absolute Gasteiger partial charge is 0.309 e. The van der Waals surface area contributed by atoms with E-state index in [-0.39, 0.29) is 10.8 Å². The van der Waals surface area contributed by atoms with Crippen LogP contribution in [0, 0.1) is 10.8 Å². The highest BCUT2D eigenvalue weighted by atomic mass is 15.0. The minimum atomic E-state index is 0.164. The van der Waals surface area contributed by atoms with Gasteiger partial charge in [0.15, 0.2) is 0 Å². The molecule has 294 valence electrons. The minimum absolute atomic E-state index is 0.164. The maximum Gasteiger partial charge on any atom is 0.0702 e. The molecule has 4 nitrogen and oxygen atoms in total. The molecule has 60 heavy (non-hydrogen) atoms. The summed E-state index contributed by atoms with van der Waals surface area (Å²) in [7, 11) is 0. The maximum absolute atomic E-state index is 4.89. The first-order valence-corrected chi connectivity index (χ1v) is 21.1. The minimum Gasteiger partial charge on any atom is -0.309 e. The molecule has 10 rings (SSSR count). The molecule has 0 atom stereocenters. The van der Waals surface area contributed by atoms with Crippen LogP contribution in [-0.2, 0) is 12.8 Å². The fourth-order valence-electron chi connectivity index (χ4n) is 9.21. The van der Waals surface area contributed by atoms with Gasteiger partial charge in [0.05, 0.1) is 33.5 Å². The van der Waals surface area contributed by atoms with Gasteiger partial charge in [-0.1, -0.05) is 114 Å². The summed E-state index contributed by atoms with van der Waals surface area (Å²) < 4.78 is 4.92.